The zero-order chi connectivity index (χ0) is 17.8. The van der Waals surface area contributed by atoms with Gasteiger partial charge in [-0.25, -0.2) is 9.18 Å². The monoisotopic (exact) mass is 348 g/mol. The summed E-state index contributed by atoms with van der Waals surface area (Å²) < 4.78 is 14.6. The van der Waals surface area contributed by atoms with Gasteiger partial charge >= 0.3 is 17.1 Å². The summed E-state index contributed by atoms with van der Waals surface area (Å²) in [7, 11) is 0. The molecule has 3 N–H and O–H groups in total. The number of hydrogen-bond donors (Lipinski definition) is 3. The number of aromatic nitrogens is 2. The van der Waals surface area contributed by atoms with Crippen LogP contribution in [0.2, 0.25) is 0 Å². The summed E-state index contributed by atoms with van der Waals surface area (Å²) in [5.74, 6) is -0.502. The summed E-state index contributed by atoms with van der Waals surface area (Å²) in [6.45, 7) is 0.317. The fourth-order valence-corrected chi connectivity index (χ4v) is 3.24. The van der Waals surface area contributed by atoms with E-state index < -0.39 is 16.9 Å². The van der Waals surface area contributed by atoms with Crippen molar-refractivity contribution < 1.29 is 9.18 Å². The van der Waals surface area contributed by atoms with Gasteiger partial charge in [0.1, 0.15) is 5.82 Å². The van der Waals surface area contributed by atoms with Crippen molar-refractivity contribution in [3.05, 3.63) is 44.7 Å². The number of halogens is 1. The van der Waals surface area contributed by atoms with Crippen LogP contribution in [0.15, 0.2) is 27.8 Å². The molecule has 2 amide bonds. The van der Waals surface area contributed by atoms with E-state index in [-0.39, 0.29) is 30.7 Å². The van der Waals surface area contributed by atoms with E-state index in [4.69, 9.17) is 0 Å². The van der Waals surface area contributed by atoms with Gasteiger partial charge in [0.15, 0.2) is 0 Å². The van der Waals surface area contributed by atoms with Gasteiger partial charge in [0, 0.05) is 19.1 Å². The zero-order valence-electron chi connectivity index (χ0n) is 13.8. The van der Waals surface area contributed by atoms with Crippen LogP contribution in [0.5, 0.6) is 0 Å². The first-order chi connectivity index (χ1) is 12.0. The highest BCUT2D eigenvalue weighted by Crippen LogP contribution is 2.17. The number of hydrogen-bond acceptors (Lipinski definition) is 3. The number of H-pyrrole nitrogens is 1. The lowest BCUT2D eigenvalue weighted by Crippen LogP contribution is -2.45. The maximum absolute atomic E-state index is 13.3. The molecule has 1 saturated carbocycles. The molecule has 0 saturated heterocycles. The molecule has 0 radical (unpaired) electrons. The van der Waals surface area contributed by atoms with Gasteiger partial charge in [-0.2, -0.15) is 0 Å². The summed E-state index contributed by atoms with van der Waals surface area (Å²) in [6, 6.07) is 3.74. The highest BCUT2D eigenvalue weighted by Gasteiger charge is 2.15. The molecule has 2 aromatic rings. The molecule has 0 spiro atoms. The van der Waals surface area contributed by atoms with Crippen LogP contribution in [-0.2, 0) is 6.54 Å². The van der Waals surface area contributed by atoms with E-state index in [0.29, 0.717) is 5.52 Å². The van der Waals surface area contributed by atoms with Crippen molar-refractivity contribution in [1.82, 2.24) is 20.2 Å². The number of nitrogens with zero attached hydrogens (tertiary/aromatic N) is 1. The Morgan fingerprint density at radius 2 is 2.00 bits per heavy atom. The molecule has 0 atom stereocenters. The van der Waals surface area contributed by atoms with Crippen molar-refractivity contribution in [3.8, 4) is 0 Å². The van der Waals surface area contributed by atoms with Crippen LogP contribution in [-0.4, -0.2) is 28.2 Å². The standard InChI is InChI=1S/C17H21FN4O3/c18-11-6-7-14-13(10-11)21-15(23)16(24)22(14)9-8-19-17(25)20-12-4-2-1-3-5-12/h6-7,10,12H,1-5,8-9H2,(H,21,23)(H2,19,20,25). The van der Waals surface area contributed by atoms with E-state index in [9.17, 15) is 18.8 Å². The zero-order valence-corrected chi connectivity index (χ0v) is 13.8. The number of rotatable bonds is 4. The van der Waals surface area contributed by atoms with Crippen molar-refractivity contribution in [3.63, 3.8) is 0 Å². The summed E-state index contributed by atoms with van der Waals surface area (Å²) in [5.41, 5.74) is -0.880. The Labute approximate surface area is 143 Å². The molecule has 3 rings (SSSR count). The molecule has 8 heteroatoms. The molecule has 1 aliphatic rings. The number of aromatic amines is 1. The lowest BCUT2D eigenvalue weighted by Gasteiger charge is -2.22. The van der Waals surface area contributed by atoms with Crippen LogP contribution in [0.3, 0.4) is 0 Å². The first-order valence-corrected chi connectivity index (χ1v) is 8.51. The Hall–Kier alpha value is -2.64. The third-order valence-electron chi connectivity index (χ3n) is 4.50. The van der Waals surface area contributed by atoms with Crippen LogP contribution < -0.4 is 21.8 Å². The van der Waals surface area contributed by atoms with Gasteiger partial charge in [-0.05, 0) is 31.0 Å². The maximum Gasteiger partial charge on any atom is 0.316 e. The van der Waals surface area contributed by atoms with E-state index >= 15 is 0 Å². The van der Waals surface area contributed by atoms with Gasteiger partial charge in [-0.15, -0.1) is 0 Å². The highest BCUT2D eigenvalue weighted by molar-refractivity contribution is 5.75. The van der Waals surface area contributed by atoms with Crippen molar-refractivity contribution in [2.45, 2.75) is 44.7 Å². The average molecular weight is 348 g/mol. The van der Waals surface area contributed by atoms with Gasteiger partial charge in [-0.1, -0.05) is 19.3 Å². The number of benzene rings is 1. The second-order valence-electron chi connectivity index (χ2n) is 6.31. The third-order valence-corrected chi connectivity index (χ3v) is 4.50. The molecule has 1 aromatic heterocycles. The number of carbonyl (C=O) groups excluding carboxylic acids is 1. The number of carbonyl (C=O) groups is 1. The van der Waals surface area contributed by atoms with Gasteiger partial charge in [0.05, 0.1) is 11.0 Å². The van der Waals surface area contributed by atoms with E-state index in [2.05, 4.69) is 15.6 Å². The smallest absolute Gasteiger partial charge is 0.316 e. The first-order valence-electron chi connectivity index (χ1n) is 8.51. The number of nitrogens with one attached hydrogen (secondary N) is 3. The second-order valence-corrected chi connectivity index (χ2v) is 6.31. The predicted molar refractivity (Wildman–Crippen MR) is 92.2 cm³/mol. The van der Waals surface area contributed by atoms with Gasteiger partial charge < -0.3 is 20.2 Å². The molecule has 25 heavy (non-hydrogen) atoms. The summed E-state index contributed by atoms with van der Waals surface area (Å²) >= 11 is 0. The van der Waals surface area contributed by atoms with Crippen LogP contribution in [0.4, 0.5) is 9.18 Å². The fraction of sp³-hybridized carbons (Fsp3) is 0.471. The van der Waals surface area contributed by atoms with Gasteiger partial charge in [0.2, 0.25) is 0 Å². The lowest BCUT2D eigenvalue weighted by atomic mass is 9.96. The van der Waals surface area contributed by atoms with Crippen LogP contribution in [0.1, 0.15) is 32.1 Å². The predicted octanol–water partition coefficient (Wildman–Crippen LogP) is 1.46. The van der Waals surface area contributed by atoms with E-state index in [1.54, 1.807) is 0 Å². The second kappa shape index (κ2) is 7.50. The van der Waals surface area contributed by atoms with Crippen LogP contribution >= 0.6 is 0 Å². The maximum atomic E-state index is 13.3. The van der Waals surface area contributed by atoms with Crippen LogP contribution in [0.25, 0.3) is 11.0 Å². The molecular weight excluding hydrogens is 327 g/mol. The Kier molecular flexibility index (Phi) is 5.16. The fourth-order valence-electron chi connectivity index (χ4n) is 3.24. The van der Waals surface area contributed by atoms with E-state index in [1.807, 2.05) is 0 Å². The Morgan fingerprint density at radius 1 is 1.24 bits per heavy atom. The molecule has 1 heterocycles. The summed E-state index contributed by atoms with van der Waals surface area (Å²) in [6.07, 6.45) is 5.42. The topological polar surface area (TPSA) is 96.0 Å². The van der Waals surface area contributed by atoms with Crippen molar-refractivity contribution >= 4 is 17.1 Å². The van der Waals surface area contributed by atoms with Gasteiger partial charge in [0.25, 0.3) is 0 Å². The summed E-state index contributed by atoms with van der Waals surface area (Å²) in [5, 5.41) is 5.63. The number of amides is 2. The largest absolute Gasteiger partial charge is 0.336 e. The van der Waals surface area contributed by atoms with Crippen molar-refractivity contribution in [1.29, 1.82) is 0 Å². The SMILES string of the molecule is O=C(NCCn1c(=O)c(=O)[nH]c2cc(F)ccc21)NC1CCCCC1. The van der Waals surface area contributed by atoms with Gasteiger partial charge in [-0.3, -0.25) is 9.59 Å². The van der Waals surface area contributed by atoms with E-state index in [1.165, 1.54) is 23.1 Å². The normalized spacial score (nSPS) is 15.2. The molecule has 1 aliphatic carbocycles. The van der Waals surface area contributed by atoms with E-state index in [0.717, 1.165) is 31.7 Å². The molecular formula is C17H21FN4O3. The Bertz CT molecular complexity index is 884. The van der Waals surface area contributed by atoms with Crippen LogP contribution in [0, 0.1) is 5.82 Å². The number of fused-ring (bicyclic) bond motifs is 1. The molecule has 1 fully saturated rings. The summed E-state index contributed by atoms with van der Waals surface area (Å²) in [4.78, 5) is 38.1. The first kappa shape index (κ1) is 17.2. The van der Waals surface area contributed by atoms with Crippen molar-refractivity contribution in [2.24, 2.45) is 0 Å². The molecule has 0 unspecified atom stereocenters. The van der Waals surface area contributed by atoms with Crippen molar-refractivity contribution in [2.75, 3.05) is 6.54 Å². The number of urea groups is 1. The minimum absolute atomic E-state index is 0.128. The molecule has 0 aliphatic heterocycles. The lowest BCUT2D eigenvalue weighted by molar-refractivity contribution is 0.232. The third kappa shape index (κ3) is 4.07. The molecule has 1 aromatic carbocycles. The molecule has 134 valence electrons. The average Bonchev–Trinajstić information content (AvgIpc) is 2.59. The minimum atomic E-state index is -0.815. The highest BCUT2D eigenvalue weighted by atomic mass is 19.1. The molecule has 0 bridgehead atoms. The quantitative estimate of drug-likeness (QED) is 0.730. The Balaban J connectivity index is 1.66. The minimum Gasteiger partial charge on any atom is -0.336 e. The Morgan fingerprint density at radius 3 is 2.76 bits per heavy atom. The molecule has 7 nitrogen and oxygen atoms in total.